The molecule has 2 aromatic rings. The summed E-state index contributed by atoms with van der Waals surface area (Å²) in [6, 6.07) is 14.6. The van der Waals surface area contributed by atoms with E-state index in [9.17, 15) is 9.18 Å². The van der Waals surface area contributed by atoms with Gasteiger partial charge in [0.2, 0.25) is 0 Å². The molecule has 0 aromatic heterocycles. The van der Waals surface area contributed by atoms with Gasteiger partial charge in [0.1, 0.15) is 5.82 Å². The van der Waals surface area contributed by atoms with Crippen molar-refractivity contribution in [1.82, 2.24) is 4.90 Å². The van der Waals surface area contributed by atoms with Crippen LogP contribution in [0.25, 0.3) is 0 Å². The predicted molar refractivity (Wildman–Crippen MR) is 80.8 cm³/mol. The second kappa shape index (κ2) is 5.17. The predicted octanol–water partition coefficient (Wildman–Crippen LogP) is 3.60. The van der Waals surface area contributed by atoms with E-state index in [4.69, 9.17) is 0 Å². The molecular weight excluding hydrogens is 265 g/mol. The Kier molecular flexibility index (Phi) is 3.34. The van der Waals surface area contributed by atoms with Crippen LogP contribution in [0.4, 0.5) is 4.39 Å². The third kappa shape index (κ3) is 2.25. The summed E-state index contributed by atoms with van der Waals surface area (Å²) in [5.41, 5.74) is 2.58. The van der Waals surface area contributed by atoms with Crippen molar-refractivity contribution < 1.29 is 9.18 Å². The molecular formula is C18H16FNO. The summed E-state index contributed by atoms with van der Waals surface area (Å²) in [5.74, 6) is -0.863. The van der Waals surface area contributed by atoms with Gasteiger partial charge in [-0.15, -0.1) is 0 Å². The number of benzene rings is 2. The molecule has 0 saturated heterocycles. The van der Waals surface area contributed by atoms with E-state index in [2.05, 4.69) is 0 Å². The molecule has 0 N–H and O–H groups in total. The minimum Gasteiger partial charge on any atom is -0.383 e. The Hall–Kier alpha value is -2.42. The molecule has 21 heavy (non-hydrogen) atoms. The minimum atomic E-state index is -0.444. The van der Waals surface area contributed by atoms with Crippen LogP contribution in [0.1, 0.15) is 27.4 Å². The topological polar surface area (TPSA) is 20.3 Å². The SMILES string of the molecule is CN(C)C=C1C(=O)c2c(F)cccc2C1c1ccccc1. The average molecular weight is 281 g/mol. The van der Waals surface area contributed by atoms with Gasteiger partial charge in [-0.3, -0.25) is 4.79 Å². The molecule has 0 saturated carbocycles. The maximum atomic E-state index is 14.1. The highest BCUT2D eigenvalue weighted by atomic mass is 19.1. The monoisotopic (exact) mass is 281 g/mol. The molecule has 3 heteroatoms. The van der Waals surface area contributed by atoms with Crippen LogP contribution in [0.15, 0.2) is 60.3 Å². The Balaban J connectivity index is 2.24. The maximum absolute atomic E-state index is 14.1. The Morgan fingerprint density at radius 2 is 1.76 bits per heavy atom. The molecule has 0 radical (unpaired) electrons. The van der Waals surface area contributed by atoms with Gasteiger partial charge in [-0.25, -0.2) is 4.39 Å². The Morgan fingerprint density at radius 1 is 1.05 bits per heavy atom. The molecule has 106 valence electrons. The van der Waals surface area contributed by atoms with E-state index in [-0.39, 0.29) is 17.3 Å². The van der Waals surface area contributed by atoms with Crippen LogP contribution in [-0.2, 0) is 0 Å². The smallest absolute Gasteiger partial charge is 0.194 e. The van der Waals surface area contributed by atoms with Crippen LogP contribution in [-0.4, -0.2) is 24.8 Å². The summed E-state index contributed by atoms with van der Waals surface area (Å²) in [6.45, 7) is 0. The van der Waals surface area contributed by atoms with Gasteiger partial charge >= 0.3 is 0 Å². The van der Waals surface area contributed by atoms with Crippen molar-refractivity contribution in [3.05, 3.63) is 82.8 Å². The number of rotatable bonds is 2. The second-order valence-electron chi connectivity index (χ2n) is 5.42. The van der Waals surface area contributed by atoms with E-state index < -0.39 is 5.82 Å². The summed E-state index contributed by atoms with van der Waals surface area (Å²) >= 11 is 0. The molecule has 0 heterocycles. The maximum Gasteiger partial charge on any atom is 0.194 e. The van der Waals surface area contributed by atoms with E-state index >= 15 is 0 Å². The van der Waals surface area contributed by atoms with Gasteiger partial charge in [0, 0.05) is 31.8 Å². The van der Waals surface area contributed by atoms with Crippen molar-refractivity contribution in [1.29, 1.82) is 0 Å². The number of ketones is 1. The van der Waals surface area contributed by atoms with Crippen molar-refractivity contribution in [3.63, 3.8) is 0 Å². The van der Waals surface area contributed by atoms with Crippen molar-refractivity contribution in [2.75, 3.05) is 14.1 Å². The number of halogens is 1. The number of carbonyl (C=O) groups excluding carboxylic acids is 1. The fourth-order valence-electron chi connectivity index (χ4n) is 2.88. The van der Waals surface area contributed by atoms with Crippen molar-refractivity contribution in [2.24, 2.45) is 0 Å². The van der Waals surface area contributed by atoms with Crippen LogP contribution < -0.4 is 0 Å². The lowest BCUT2D eigenvalue weighted by atomic mass is 9.90. The molecule has 1 aliphatic carbocycles. The van der Waals surface area contributed by atoms with E-state index in [0.717, 1.165) is 11.1 Å². The third-order valence-electron chi connectivity index (χ3n) is 3.69. The zero-order chi connectivity index (χ0) is 15.0. The van der Waals surface area contributed by atoms with Gasteiger partial charge in [0.05, 0.1) is 5.56 Å². The summed E-state index contributed by atoms with van der Waals surface area (Å²) in [6.07, 6.45) is 1.79. The average Bonchev–Trinajstić information content (AvgIpc) is 2.73. The minimum absolute atomic E-state index is 0.202. The van der Waals surface area contributed by atoms with E-state index in [0.29, 0.717) is 5.57 Å². The van der Waals surface area contributed by atoms with Gasteiger partial charge < -0.3 is 4.90 Å². The first-order valence-corrected chi connectivity index (χ1v) is 6.86. The standard InChI is InChI=1S/C18H16FNO/c1-20(2)11-14-16(12-7-4-3-5-8-12)13-9-6-10-15(19)17(13)18(14)21/h3-11,16H,1-2H3. The molecule has 0 amide bonds. The molecule has 0 aliphatic heterocycles. The van der Waals surface area contributed by atoms with E-state index in [1.54, 1.807) is 12.3 Å². The molecule has 1 aliphatic rings. The summed E-state index contributed by atoms with van der Waals surface area (Å²) in [7, 11) is 3.73. The van der Waals surface area contributed by atoms with Gasteiger partial charge in [-0.2, -0.15) is 0 Å². The number of Topliss-reactive ketones (excluding diaryl/α,β-unsaturated/α-hetero) is 1. The summed E-state index contributed by atoms with van der Waals surface area (Å²) in [4.78, 5) is 14.4. The molecule has 0 fully saturated rings. The largest absolute Gasteiger partial charge is 0.383 e. The third-order valence-corrected chi connectivity index (χ3v) is 3.69. The number of fused-ring (bicyclic) bond motifs is 1. The first-order valence-electron chi connectivity index (χ1n) is 6.86. The second-order valence-corrected chi connectivity index (χ2v) is 5.42. The van der Waals surface area contributed by atoms with Gasteiger partial charge in [0.15, 0.2) is 5.78 Å². The number of allylic oxidation sites excluding steroid dienone is 1. The van der Waals surface area contributed by atoms with E-state index in [1.807, 2.05) is 55.4 Å². The van der Waals surface area contributed by atoms with Gasteiger partial charge in [-0.05, 0) is 17.2 Å². The lowest BCUT2D eigenvalue weighted by Crippen LogP contribution is -2.09. The molecule has 0 spiro atoms. The van der Waals surface area contributed by atoms with Crippen molar-refractivity contribution in [3.8, 4) is 0 Å². The van der Waals surface area contributed by atoms with Gasteiger partial charge in [-0.1, -0.05) is 42.5 Å². The summed E-state index contributed by atoms with van der Waals surface area (Å²) in [5, 5.41) is 0. The number of carbonyl (C=O) groups is 1. The Bertz CT molecular complexity index is 719. The normalized spacial score (nSPS) is 18.9. The zero-order valence-corrected chi connectivity index (χ0v) is 12.0. The zero-order valence-electron chi connectivity index (χ0n) is 12.0. The number of hydrogen-bond donors (Lipinski definition) is 0. The molecule has 1 unspecified atom stereocenters. The van der Waals surface area contributed by atoms with Crippen LogP contribution >= 0.6 is 0 Å². The van der Waals surface area contributed by atoms with Crippen molar-refractivity contribution in [2.45, 2.75) is 5.92 Å². The Labute approximate surface area is 123 Å². The van der Waals surface area contributed by atoms with Crippen LogP contribution in [0.3, 0.4) is 0 Å². The lowest BCUT2D eigenvalue weighted by molar-refractivity contribution is 0.103. The first-order chi connectivity index (χ1) is 10.1. The van der Waals surface area contributed by atoms with Crippen molar-refractivity contribution >= 4 is 5.78 Å². The summed E-state index contributed by atoms with van der Waals surface area (Å²) < 4.78 is 14.1. The van der Waals surface area contributed by atoms with Gasteiger partial charge in [0.25, 0.3) is 0 Å². The molecule has 3 rings (SSSR count). The fourth-order valence-corrected chi connectivity index (χ4v) is 2.88. The highest BCUT2D eigenvalue weighted by Gasteiger charge is 2.37. The molecule has 2 nitrogen and oxygen atoms in total. The van der Waals surface area contributed by atoms with Crippen LogP contribution in [0.5, 0.6) is 0 Å². The quantitative estimate of drug-likeness (QED) is 0.784. The lowest BCUT2D eigenvalue weighted by Gasteiger charge is -2.15. The number of hydrogen-bond acceptors (Lipinski definition) is 2. The van der Waals surface area contributed by atoms with Crippen LogP contribution in [0, 0.1) is 5.82 Å². The van der Waals surface area contributed by atoms with E-state index in [1.165, 1.54) is 6.07 Å². The number of nitrogens with zero attached hydrogens (tertiary/aromatic N) is 1. The molecule has 1 atom stereocenters. The fraction of sp³-hybridized carbons (Fsp3) is 0.167. The Morgan fingerprint density at radius 3 is 2.43 bits per heavy atom. The molecule has 0 bridgehead atoms. The van der Waals surface area contributed by atoms with Crippen LogP contribution in [0.2, 0.25) is 0 Å². The highest BCUT2D eigenvalue weighted by Crippen LogP contribution is 2.42. The first kappa shape index (κ1) is 13.6. The molecule has 2 aromatic carbocycles. The highest BCUT2D eigenvalue weighted by molar-refractivity contribution is 6.15.